The second-order valence-corrected chi connectivity index (χ2v) is 5.62. The maximum Gasteiger partial charge on any atom is 0.255 e. The Labute approximate surface area is 120 Å². The van der Waals surface area contributed by atoms with Gasteiger partial charge in [0.1, 0.15) is 0 Å². The number of aromatic nitrogens is 1. The molecule has 2 N–H and O–H groups in total. The Morgan fingerprint density at radius 2 is 2.35 bits per heavy atom. The molecule has 5 nitrogen and oxygen atoms in total. The van der Waals surface area contributed by atoms with Crippen molar-refractivity contribution in [1.29, 1.82) is 0 Å². The average molecular weight is 277 g/mol. The van der Waals surface area contributed by atoms with Gasteiger partial charge in [-0.3, -0.25) is 9.78 Å². The Kier molecular flexibility index (Phi) is 4.60. The maximum atomic E-state index is 12.5. The van der Waals surface area contributed by atoms with Crippen LogP contribution in [0.3, 0.4) is 0 Å². The number of carbonyl (C=O) groups excluding carboxylic acids is 1. The first-order valence-electron chi connectivity index (χ1n) is 7.15. The summed E-state index contributed by atoms with van der Waals surface area (Å²) in [7, 11) is 0. The molecule has 1 amide bonds. The van der Waals surface area contributed by atoms with Crippen LogP contribution in [0.2, 0.25) is 0 Å². The topological polar surface area (TPSA) is 63.2 Å². The second kappa shape index (κ2) is 6.22. The van der Waals surface area contributed by atoms with Crippen LogP contribution in [0, 0.1) is 6.92 Å². The van der Waals surface area contributed by atoms with Crippen LogP contribution in [0.25, 0.3) is 0 Å². The predicted molar refractivity (Wildman–Crippen MR) is 79.1 cm³/mol. The van der Waals surface area contributed by atoms with Crippen LogP contribution >= 0.6 is 0 Å². The number of amides is 1. The third-order valence-electron chi connectivity index (χ3n) is 3.48. The minimum absolute atomic E-state index is 0.0934. The lowest BCUT2D eigenvalue weighted by atomic mass is 10.0. The molecule has 1 fully saturated rings. The maximum absolute atomic E-state index is 12.5. The highest BCUT2D eigenvalue weighted by atomic mass is 16.5. The summed E-state index contributed by atoms with van der Waals surface area (Å²) in [6, 6.07) is 1.91. The van der Waals surface area contributed by atoms with Gasteiger partial charge in [0.2, 0.25) is 0 Å². The van der Waals surface area contributed by atoms with Gasteiger partial charge in [0, 0.05) is 25.0 Å². The van der Waals surface area contributed by atoms with Crippen molar-refractivity contribution in [2.24, 2.45) is 0 Å². The van der Waals surface area contributed by atoms with Crippen LogP contribution in [0.4, 0.5) is 5.69 Å². The molecular formula is C15H23N3O2. The molecule has 1 aliphatic rings. The fourth-order valence-corrected chi connectivity index (χ4v) is 2.25. The third kappa shape index (κ3) is 3.48. The van der Waals surface area contributed by atoms with Gasteiger partial charge in [0.05, 0.1) is 23.4 Å². The van der Waals surface area contributed by atoms with Crippen molar-refractivity contribution >= 4 is 11.6 Å². The summed E-state index contributed by atoms with van der Waals surface area (Å²) < 4.78 is 5.37. The van der Waals surface area contributed by atoms with Crippen molar-refractivity contribution in [3.63, 3.8) is 0 Å². The Balaban J connectivity index is 2.15. The molecular weight excluding hydrogens is 254 g/mol. The van der Waals surface area contributed by atoms with Crippen LogP contribution in [0.5, 0.6) is 0 Å². The van der Waals surface area contributed by atoms with E-state index in [-0.39, 0.29) is 11.4 Å². The molecule has 20 heavy (non-hydrogen) atoms. The third-order valence-corrected chi connectivity index (χ3v) is 3.48. The number of pyridine rings is 1. The SMILES string of the molecule is CCCNc1cc(C)ncc1C(=O)NC1(C)CCOC1. The highest BCUT2D eigenvalue weighted by Crippen LogP contribution is 2.21. The molecule has 2 rings (SSSR count). The van der Waals surface area contributed by atoms with E-state index < -0.39 is 0 Å². The van der Waals surface area contributed by atoms with E-state index in [2.05, 4.69) is 22.5 Å². The van der Waals surface area contributed by atoms with E-state index in [1.165, 1.54) is 0 Å². The Bertz CT molecular complexity index is 482. The molecule has 1 saturated heterocycles. The molecule has 1 unspecified atom stereocenters. The first-order valence-corrected chi connectivity index (χ1v) is 7.15. The van der Waals surface area contributed by atoms with Gasteiger partial charge in [-0.15, -0.1) is 0 Å². The lowest BCUT2D eigenvalue weighted by Crippen LogP contribution is -2.46. The quantitative estimate of drug-likeness (QED) is 0.865. The Morgan fingerprint density at radius 1 is 1.55 bits per heavy atom. The summed E-state index contributed by atoms with van der Waals surface area (Å²) in [6.07, 6.45) is 3.49. The fourth-order valence-electron chi connectivity index (χ4n) is 2.25. The molecule has 0 spiro atoms. The van der Waals surface area contributed by atoms with Gasteiger partial charge >= 0.3 is 0 Å². The standard InChI is InChI=1S/C15H23N3O2/c1-4-6-16-13-8-11(2)17-9-12(13)14(19)18-15(3)5-7-20-10-15/h8-9H,4-7,10H2,1-3H3,(H,16,17)(H,18,19). The minimum atomic E-state index is -0.274. The van der Waals surface area contributed by atoms with Crippen LogP contribution < -0.4 is 10.6 Å². The fraction of sp³-hybridized carbons (Fsp3) is 0.600. The summed E-state index contributed by atoms with van der Waals surface area (Å²) in [6.45, 7) is 8.13. The highest BCUT2D eigenvalue weighted by molar-refractivity contribution is 5.99. The van der Waals surface area contributed by atoms with Gasteiger partial charge in [-0.25, -0.2) is 0 Å². The number of hydrogen-bond donors (Lipinski definition) is 2. The number of carbonyl (C=O) groups is 1. The molecule has 0 radical (unpaired) electrons. The lowest BCUT2D eigenvalue weighted by molar-refractivity contribution is 0.0890. The lowest BCUT2D eigenvalue weighted by Gasteiger charge is -2.24. The minimum Gasteiger partial charge on any atom is -0.384 e. The van der Waals surface area contributed by atoms with Crippen LogP contribution in [0.15, 0.2) is 12.3 Å². The molecule has 2 heterocycles. The summed E-state index contributed by atoms with van der Waals surface area (Å²) in [4.78, 5) is 16.7. The smallest absolute Gasteiger partial charge is 0.255 e. The summed E-state index contributed by atoms with van der Waals surface area (Å²) in [5.41, 5.74) is 2.07. The van der Waals surface area contributed by atoms with E-state index in [0.29, 0.717) is 18.8 Å². The number of nitrogens with zero attached hydrogens (tertiary/aromatic N) is 1. The number of nitrogens with one attached hydrogen (secondary N) is 2. The molecule has 110 valence electrons. The molecule has 1 atom stereocenters. The van der Waals surface area contributed by atoms with Crippen molar-refractivity contribution < 1.29 is 9.53 Å². The number of aryl methyl sites for hydroxylation is 1. The number of rotatable bonds is 5. The van der Waals surface area contributed by atoms with Gasteiger partial charge in [-0.05, 0) is 32.8 Å². The second-order valence-electron chi connectivity index (χ2n) is 5.62. The van der Waals surface area contributed by atoms with Crippen LogP contribution in [0.1, 0.15) is 42.7 Å². The van der Waals surface area contributed by atoms with Crippen molar-refractivity contribution in [3.05, 3.63) is 23.5 Å². The molecule has 0 saturated carbocycles. The molecule has 5 heteroatoms. The first-order chi connectivity index (χ1) is 9.54. The zero-order valence-corrected chi connectivity index (χ0v) is 12.5. The van der Waals surface area contributed by atoms with Gasteiger partial charge in [-0.2, -0.15) is 0 Å². The van der Waals surface area contributed by atoms with Gasteiger partial charge in [0.15, 0.2) is 0 Å². The van der Waals surface area contributed by atoms with E-state index in [9.17, 15) is 4.79 Å². The largest absolute Gasteiger partial charge is 0.384 e. The summed E-state index contributed by atoms with van der Waals surface area (Å²) >= 11 is 0. The van der Waals surface area contributed by atoms with E-state index in [4.69, 9.17) is 4.74 Å². The summed E-state index contributed by atoms with van der Waals surface area (Å²) in [5, 5.41) is 6.35. The van der Waals surface area contributed by atoms with Gasteiger partial charge in [0.25, 0.3) is 5.91 Å². The van der Waals surface area contributed by atoms with Crippen molar-refractivity contribution in [3.8, 4) is 0 Å². The van der Waals surface area contributed by atoms with Crippen molar-refractivity contribution in [2.75, 3.05) is 25.1 Å². The van der Waals surface area contributed by atoms with Gasteiger partial charge in [-0.1, -0.05) is 6.92 Å². The van der Waals surface area contributed by atoms with Crippen LogP contribution in [-0.2, 0) is 4.74 Å². The normalized spacial score (nSPS) is 21.8. The van der Waals surface area contributed by atoms with E-state index >= 15 is 0 Å². The monoisotopic (exact) mass is 277 g/mol. The van der Waals surface area contributed by atoms with Gasteiger partial charge < -0.3 is 15.4 Å². The van der Waals surface area contributed by atoms with E-state index in [1.807, 2.05) is 19.9 Å². The molecule has 0 aliphatic carbocycles. The summed E-state index contributed by atoms with van der Waals surface area (Å²) in [5.74, 6) is -0.0934. The first kappa shape index (κ1) is 14.8. The van der Waals surface area contributed by atoms with Crippen LogP contribution in [-0.4, -0.2) is 36.2 Å². The molecule has 1 aromatic heterocycles. The number of anilines is 1. The molecule has 1 aromatic rings. The number of ether oxygens (including phenoxy) is 1. The van der Waals surface area contributed by atoms with Crippen molar-refractivity contribution in [1.82, 2.24) is 10.3 Å². The molecule has 0 bridgehead atoms. The Hall–Kier alpha value is -1.62. The highest BCUT2D eigenvalue weighted by Gasteiger charge is 2.32. The molecule has 1 aliphatic heterocycles. The molecule has 0 aromatic carbocycles. The Morgan fingerprint density at radius 3 is 3.00 bits per heavy atom. The van der Waals surface area contributed by atoms with E-state index in [1.54, 1.807) is 6.20 Å². The van der Waals surface area contributed by atoms with E-state index in [0.717, 1.165) is 30.8 Å². The zero-order chi connectivity index (χ0) is 14.6. The van der Waals surface area contributed by atoms with Crippen molar-refractivity contribution in [2.45, 2.75) is 39.2 Å². The average Bonchev–Trinajstić information content (AvgIpc) is 2.82. The zero-order valence-electron chi connectivity index (χ0n) is 12.5. The predicted octanol–water partition coefficient (Wildman–Crippen LogP) is 2.12. The number of hydrogen-bond acceptors (Lipinski definition) is 4.